The number of ketones is 1. The number of benzene rings is 2. The van der Waals surface area contributed by atoms with Gasteiger partial charge in [0.2, 0.25) is 0 Å². The van der Waals surface area contributed by atoms with Gasteiger partial charge in [-0.05, 0) is 43.2 Å². The summed E-state index contributed by atoms with van der Waals surface area (Å²) >= 11 is 3.36. The Morgan fingerprint density at radius 3 is 2.37 bits per heavy atom. The largest absolute Gasteiger partial charge is 0.507 e. The highest BCUT2D eigenvalue weighted by molar-refractivity contribution is 9.10. The molecule has 7 heteroatoms. The van der Waals surface area contributed by atoms with Gasteiger partial charge < -0.3 is 19.5 Å². The number of methoxy groups -OCH3 is 1. The number of likely N-dealkylation sites (tertiary alicyclic amines) is 1. The molecule has 2 aromatic rings. The van der Waals surface area contributed by atoms with E-state index in [2.05, 4.69) is 15.9 Å². The van der Waals surface area contributed by atoms with Crippen molar-refractivity contribution in [2.45, 2.75) is 19.4 Å². The summed E-state index contributed by atoms with van der Waals surface area (Å²) in [5.41, 5.74) is 1.29. The molecule has 2 aromatic carbocycles. The molecule has 1 N–H and O–H groups in total. The van der Waals surface area contributed by atoms with Crippen molar-refractivity contribution in [2.75, 3.05) is 26.9 Å². The van der Waals surface area contributed by atoms with E-state index in [9.17, 15) is 14.7 Å². The fourth-order valence-corrected chi connectivity index (χ4v) is 3.78. The highest BCUT2D eigenvalue weighted by Crippen LogP contribution is 2.40. The monoisotopic (exact) mass is 473 g/mol. The summed E-state index contributed by atoms with van der Waals surface area (Å²) in [6, 6.07) is 13.5. The number of rotatable bonds is 8. The molecule has 0 aromatic heterocycles. The minimum Gasteiger partial charge on any atom is -0.507 e. The number of hydrogen-bond donors (Lipinski definition) is 1. The van der Waals surface area contributed by atoms with Gasteiger partial charge in [-0.1, -0.05) is 40.2 Å². The lowest BCUT2D eigenvalue weighted by Crippen LogP contribution is -2.31. The predicted molar refractivity (Wildman–Crippen MR) is 117 cm³/mol. The second-order valence-electron chi connectivity index (χ2n) is 6.85. The summed E-state index contributed by atoms with van der Waals surface area (Å²) in [6.45, 7) is 3.24. The summed E-state index contributed by atoms with van der Waals surface area (Å²) < 4.78 is 11.4. The van der Waals surface area contributed by atoms with E-state index in [1.54, 1.807) is 43.5 Å². The molecule has 1 amide bonds. The Labute approximate surface area is 184 Å². The van der Waals surface area contributed by atoms with E-state index in [1.165, 1.54) is 4.90 Å². The van der Waals surface area contributed by atoms with Crippen LogP contribution in [0.3, 0.4) is 0 Å². The maximum absolute atomic E-state index is 12.9. The van der Waals surface area contributed by atoms with E-state index in [0.29, 0.717) is 37.5 Å². The van der Waals surface area contributed by atoms with E-state index in [1.807, 2.05) is 19.1 Å². The van der Waals surface area contributed by atoms with Gasteiger partial charge in [-0.3, -0.25) is 9.59 Å². The molecule has 1 heterocycles. The SMILES string of the molecule is CCOc1ccc(C2/C(=C(/O)c3ccc(Br)cc3)C(=O)C(=O)N2CCCOC)cc1. The molecule has 3 rings (SSSR count). The number of carbonyl (C=O) groups excluding carboxylic acids is 2. The number of halogens is 1. The van der Waals surface area contributed by atoms with Crippen molar-refractivity contribution >= 4 is 33.4 Å². The molecule has 0 saturated carbocycles. The number of amides is 1. The molecule has 1 saturated heterocycles. The van der Waals surface area contributed by atoms with Gasteiger partial charge in [0.05, 0.1) is 18.2 Å². The van der Waals surface area contributed by atoms with Crippen LogP contribution in [-0.4, -0.2) is 48.6 Å². The van der Waals surface area contributed by atoms with Crippen molar-refractivity contribution in [3.8, 4) is 5.75 Å². The number of Topliss-reactive ketones (excluding diaryl/α,β-unsaturated/α-hetero) is 1. The molecule has 1 aliphatic rings. The molecule has 1 aliphatic heterocycles. The van der Waals surface area contributed by atoms with Gasteiger partial charge >= 0.3 is 0 Å². The van der Waals surface area contributed by atoms with Gasteiger partial charge in [0, 0.05) is 30.3 Å². The molecule has 1 fully saturated rings. The Hall–Kier alpha value is -2.64. The van der Waals surface area contributed by atoms with Crippen molar-refractivity contribution in [2.24, 2.45) is 0 Å². The topological polar surface area (TPSA) is 76.1 Å². The van der Waals surface area contributed by atoms with Crippen molar-refractivity contribution in [3.05, 3.63) is 69.7 Å². The van der Waals surface area contributed by atoms with Crippen molar-refractivity contribution in [1.82, 2.24) is 4.90 Å². The maximum atomic E-state index is 12.9. The molecule has 0 spiro atoms. The second-order valence-corrected chi connectivity index (χ2v) is 7.76. The molecular formula is C23H24BrNO5. The molecule has 6 nitrogen and oxygen atoms in total. The van der Waals surface area contributed by atoms with Crippen LogP contribution in [0, 0.1) is 0 Å². The lowest BCUT2D eigenvalue weighted by molar-refractivity contribution is -0.140. The van der Waals surface area contributed by atoms with Crippen LogP contribution in [0.4, 0.5) is 0 Å². The molecular weight excluding hydrogens is 450 g/mol. The van der Waals surface area contributed by atoms with Crippen molar-refractivity contribution in [3.63, 3.8) is 0 Å². The quantitative estimate of drug-likeness (QED) is 0.267. The van der Waals surface area contributed by atoms with Gasteiger partial charge in [-0.25, -0.2) is 0 Å². The van der Waals surface area contributed by atoms with Gasteiger partial charge in [0.15, 0.2) is 0 Å². The first-order chi connectivity index (χ1) is 14.5. The number of carbonyl (C=O) groups is 2. The number of hydrogen-bond acceptors (Lipinski definition) is 5. The third-order valence-electron chi connectivity index (χ3n) is 4.91. The molecule has 30 heavy (non-hydrogen) atoms. The van der Waals surface area contributed by atoms with Crippen LogP contribution in [0.15, 0.2) is 58.6 Å². The summed E-state index contributed by atoms with van der Waals surface area (Å²) in [6.07, 6.45) is 0.579. The summed E-state index contributed by atoms with van der Waals surface area (Å²) in [4.78, 5) is 27.2. The van der Waals surface area contributed by atoms with Crippen molar-refractivity contribution in [1.29, 1.82) is 0 Å². The predicted octanol–water partition coefficient (Wildman–Crippen LogP) is 4.31. The Morgan fingerprint density at radius 1 is 1.10 bits per heavy atom. The normalized spacial score (nSPS) is 18.1. The van der Waals surface area contributed by atoms with Crippen LogP contribution in [0.1, 0.15) is 30.5 Å². The Bertz CT molecular complexity index is 937. The molecule has 0 aliphatic carbocycles. The van der Waals surface area contributed by atoms with Crippen LogP contribution in [0.2, 0.25) is 0 Å². The fourth-order valence-electron chi connectivity index (χ4n) is 3.51. The number of ether oxygens (including phenoxy) is 2. The number of aliphatic hydroxyl groups is 1. The zero-order chi connectivity index (χ0) is 21.7. The van der Waals surface area contributed by atoms with Gasteiger partial charge in [0.25, 0.3) is 11.7 Å². The molecule has 1 atom stereocenters. The highest BCUT2D eigenvalue weighted by Gasteiger charge is 2.45. The zero-order valence-electron chi connectivity index (χ0n) is 16.9. The van der Waals surface area contributed by atoms with E-state index >= 15 is 0 Å². The van der Waals surface area contributed by atoms with E-state index in [0.717, 1.165) is 10.0 Å². The first-order valence-electron chi connectivity index (χ1n) is 9.74. The average molecular weight is 474 g/mol. The van der Waals surface area contributed by atoms with E-state index in [-0.39, 0.29) is 11.3 Å². The lowest BCUT2D eigenvalue weighted by Gasteiger charge is -2.25. The molecule has 158 valence electrons. The minimum atomic E-state index is -0.688. The first kappa shape index (κ1) is 22.1. The third-order valence-corrected chi connectivity index (χ3v) is 5.44. The molecule has 1 unspecified atom stereocenters. The smallest absolute Gasteiger partial charge is 0.295 e. The Morgan fingerprint density at radius 2 is 1.77 bits per heavy atom. The third kappa shape index (κ3) is 4.57. The van der Waals surface area contributed by atoms with E-state index in [4.69, 9.17) is 9.47 Å². The van der Waals surface area contributed by atoms with Crippen LogP contribution < -0.4 is 4.74 Å². The first-order valence-corrected chi connectivity index (χ1v) is 10.5. The molecule has 0 radical (unpaired) electrons. The van der Waals surface area contributed by atoms with Crippen molar-refractivity contribution < 1.29 is 24.2 Å². The summed E-state index contributed by atoms with van der Waals surface area (Å²) in [5.74, 6) is -0.796. The Kier molecular flexibility index (Phi) is 7.29. The van der Waals surface area contributed by atoms with Crippen LogP contribution in [-0.2, 0) is 14.3 Å². The minimum absolute atomic E-state index is 0.0869. The van der Waals surface area contributed by atoms with Crippen LogP contribution >= 0.6 is 15.9 Å². The second kappa shape index (κ2) is 9.91. The number of nitrogens with zero attached hydrogens (tertiary/aromatic N) is 1. The van der Waals surface area contributed by atoms with Crippen LogP contribution in [0.5, 0.6) is 5.75 Å². The maximum Gasteiger partial charge on any atom is 0.295 e. The van der Waals surface area contributed by atoms with E-state index < -0.39 is 17.7 Å². The van der Waals surface area contributed by atoms with Gasteiger partial charge in [-0.15, -0.1) is 0 Å². The highest BCUT2D eigenvalue weighted by atomic mass is 79.9. The Balaban J connectivity index is 2.07. The van der Waals surface area contributed by atoms with Gasteiger partial charge in [0.1, 0.15) is 11.5 Å². The average Bonchev–Trinajstić information content (AvgIpc) is 3.00. The lowest BCUT2D eigenvalue weighted by atomic mass is 9.95. The standard InChI is InChI=1S/C23H24BrNO5/c1-3-30-18-11-7-15(8-12-18)20-19(21(26)16-5-9-17(24)10-6-16)22(27)23(28)25(20)13-4-14-29-2/h5-12,20,26H,3-4,13-14H2,1-2H3/b21-19-. The summed E-state index contributed by atoms with van der Waals surface area (Å²) in [5, 5.41) is 11.0. The summed E-state index contributed by atoms with van der Waals surface area (Å²) in [7, 11) is 1.59. The fraction of sp³-hybridized carbons (Fsp3) is 0.304. The van der Waals surface area contributed by atoms with Crippen LogP contribution in [0.25, 0.3) is 5.76 Å². The van der Waals surface area contributed by atoms with Gasteiger partial charge in [-0.2, -0.15) is 0 Å². The molecule has 0 bridgehead atoms. The number of aliphatic hydroxyl groups excluding tert-OH is 1. The zero-order valence-corrected chi connectivity index (χ0v) is 18.5.